The van der Waals surface area contributed by atoms with Crippen molar-refractivity contribution < 1.29 is 4.74 Å². The summed E-state index contributed by atoms with van der Waals surface area (Å²) in [5, 5.41) is 8.45. The second-order valence-electron chi connectivity index (χ2n) is 3.81. The minimum Gasteiger partial charge on any atom is -0.378 e. The van der Waals surface area contributed by atoms with Crippen LogP contribution >= 0.6 is 11.6 Å². The Labute approximate surface area is 94.6 Å². The summed E-state index contributed by atoms with van der Waals surface area (Å²) in [5.41, 5.74) is 0. The zero-order valence-electron chi connectivity index (χ0n) is 9.11. The smallest absolute Gasteiger partial charge is 0.225 e. The molecule has 0 bridgehead atoms. The predicted molar refractivity (Wildman–Crippen MR) is 58.1 cm³/mol. The molecule has 0 saturated heterocycles. The number of aromatic nitrogens is 3. The summed E-state index contributed by atoms with van der Waals surface area (Å²) in [7, 11) is 0. The molecule has 1 heterocycles. The Morgan fingerprint density at radius 1 is 1.40 bits per heavy atom. The van der Waals surface area contributed by atoms with E-state index in [4.69, 9.17) is 16.3 Å². The van der Waals surface area contributed by atoms with Crippen LogP contribution in [0.2, 0.25) is 5.28 Å². The Morgan fingerprint density at radius 3 is 2.73 bits per heavy atom. The summed E-state index contributed by atoms with van der Waals surface area (Å²) in [4.78, 5) is 0. The van der Waals surface area contributed by atoms with Gasteiger partial charge in [0.05, 0.1) is 6.10 Å². The average Bonchev–Trinajstić information content (AvgIpc) is 2.53. The molecular weight excluding hydrogens is 214 g/mol. The first-order valence-corrected chi connectivity index (χ1v) is 5.84. The zero-order chi connectivity index (χ0) is 10.8. The molecule has 0 amide bonds. The highest BCUT2D eigenvalue weighted by atomic mass is 35.5. The summed E-state index contributed by atoms with van der Waals surface area (Å²) in [6.07, 6.45) is 3.32. The van der Waals surface area contributed by atoms with Gasteiger partial charge in [0.1, 0.15) is 5.82 Å². The van der Waals surface area contributed by atoms with Crippen molar-refractivity contribution in [3.63, 3.8) is 0 Å². The van der Waals surface area contributed by atoms with E-state index in [1.807, 2.05) is 11.5 Å². The number of ether oxygens (including phenoxy) is 1. The van der Waals surface area contributed by atoms with Crippen LogP contribution in [0.15, 0.2) is 0 Å². The fraction of sp³-hybridized carbons (Fsp3) is 0.800. The maximum absolute atomic E-state index is 6.00. The van der Waals surface area contributed by atoms with E-state index >= 15 is 0 Å². The maximum Gasteiger partial charge on any atom is 0.225 e. The third-order valence-electron chi connectivity index (χ3n) is 2.88. The van der Waals surface area contributed by atoms with Crippen LogP contribution in [0.25, 0.3) is 0 Å². The SMILES string of the molecule is CCOC1CC(n2c(Cl)nnc2CC)C1. The lowest BCUT2D eigenvalue weighted by molar-refractivity contribution is -0.0202. The van der Waals surface area contributed by atoms with E-state index in [0.717, 1.165) is 31.7 Å². The van der Waals surface area contributed by atoms with Gasteiger partial charge in [-0.3, -0.25) is 4.57 Å². The Bertz CT molecular complexity index is 333. The van der Waals surface area contributed by atoms with E-state index in [2.05, 4.69) is 17.1 Å². The molecule has 0 spiro atoms. The molecule has 4 nitrogen and oxygen atoms in total. The van der Waals surface area contributed by atoms with Crippen LogP contribution < -0.4 is 0 Å². The third kappa shape index (κ3) is 2.01. The quantitative estimate of drug-likeness (QED) is 0.795. The standard InChI is InChI=1S/C10H16ClN3O/c1-3-9-12-13-10(11)14(9)7-5-8(6-7)15-4-2/h7-8H,3-6H2,1-2H3. The van der Waals surface area contributed by atoms with Crippen molar-refractivity contribution in [1.82, 2.24) is 14.8 Å². The van der Waals surface area contributed by atoms with Crippen molar-refractivity contribution in [3.05, 3.63) is 11.1 Å². The Balaban J connectivity index is 2.02. The van der Waals surface area contributed by atoms with Crippen molar-refractivity contribution >= 4 is 11.6 Å². The molecule has 1 aliphatic rings. The highest BCUT2D eigenvalue weighted by molar-refractivity contribution is 6.28. The molecule has 0 aromatic carbocycles. The molecule has 1 aromatic rings. The number of hydrogen-bond acceptors (Lipinski definition) is 3. The van der Waals surface area contributed by atoms with Gasteiger partial charge < -0.3 is 4.74 Å². The van der Waals surface area contributed by atoms with Crippen molar-refractivity contribution in [3.8, 4) is 0 Å². The lowest BCUT2D eigenvalue weighted by Crippen LogP contribution is -2.34. The highest BCUT2D eigenvalue weighted by Gasteiger charge is 2.33. The van der Waals surface area contributed by atoms with Crippen LogP contribution in [0, 0.1) is 0 Å². The van der Waals surface area contributed by atoms with Gasteiger partial charge in [-0.15, -0.1) is 10.2 Å². The summed E-state index contributed by atoms with van der Waals surface area (Å²) >= 11 is 6.00. The summed E-state index contributed by atoms with van der Waals surface area (Å²) in [6.45, 7) is 4.88. The van der Waals surface area contributed by atoms with E-state index in [0.29, 0.717) is 17.4 Å². The summed E-state index contributed by atoms with van der Waals surface area (Å²) in [6, 6.07) is 0.430. The van der Waals surface area contributed by atoms with Gasteiger partial charge in [-0.1, -0.05) is 6.92 Å². The van der Waals surface area contributed by atoms with Crippen LogP contribution in [-0.2, 0) is 11.2 Å². The van der Waals surface area contributed by atoms with Gasteiger partial charge in [0, 0.05) is 19.1 Å². The first-order chi connectivity index (χ1) is 7.26. The fourth-order valence-corrected chi connectivity index (χ4v) is 2.30. The van der Waals surface area contributed by atoms with Gasteiger partial charge in [0.15, 0.2) is 0 Å². The highest BCUT2D eigenvalue weighted by Crippen LogP contribution is 2.36. The molecule has 0 N–H and O–H groups in total. The first kappa shape index (κ1) is 10.9. The van der Waals surface area contributed by atoms with E-state index in [1.165, 1.54) is 0 Å². The molecule has 0 aliphatic heterocycles. The normalized spacial score (nSPS) is 25.3. The molecule has 0 atom stereocenters. The van der Waals surface area contributed by atoms with E-state index in [9.17, 15) is 0 Å². The number of halogens is 1. The van der Waals surface area contributed by atoms with Crippen LogP contribution in [0.3, 0.4) is 0 Å². The predicted octanol–water partition coefficient (Wildman–Crippen LogP) is 2.23. The molecule has 84 valence electrons. The third-order valence-corrected chi connectivity index (χ3v) is 3.14. The van der Waals surface area contributed by atoms with Gasteiger partial charge in [0.2, 0.25) is 5.28 Å². The topological polar surface area (TPSA) is 39.9 Å². The van der Waals surface area contributed by atoms with E-state index < -0.39 is 0 Å². The van der Waals surface area contributed by atoms with Crippen molar-refractivity contribution in [2.45, 2.75) is 45.3 Å². The molecule has 15 heavy (non-hydrogen) atoms. The van der Waals surface area contributed by atoms with E-state index in [-0.39, 0.29) is 0 Å². The summed E-state index contributed by atoms with van der Waals surface area (Å²) < 4.78 is 7.56. The Hall–Kier alpha value is -0.610. The largest absolute Gasteiger partial charge is 0.378 e. The molecule has 1 saturated carbocycles. The molecule has 5 heteroatoms. The van der Waals surface area contributed by atoms with Crippen molar-refractivity contribution in [2.24, 2.45) is 0 Å². The van der Waals surface area contributed by atoms with Crippen molar-refractivity contribution in [1.29, 1.82) is 0 Å². The van der Waals surface area contributed by atoms with Crippen LogP contribution in [0.4, 0.5) is 0 Å². The molecule has 1 aliphatic carbocycles. The summed E-state index contributed by atoms with van der Waals surface area (Å²) in [5.74, 6) is 0.972. The minimum atomic E-state index is 0.392. The zero-order valence-corrected chi connectivity index (χ0v) is 9.87. The first-order valence-electron chi connectivity index (χ1n) is 5.47. The Kier molecular flexibility index (Phi) is 3.26. The van der Waals surface area contributed by atoms with Crippen LogP contribution in [0.5, 0.6) is 0 Å². The fourth-order valence-electron chi connectivity index (χ4n) is 2.02. The second kappa shape index (κ2) is 4.49. The number of rotatable bonds is 4. The van der Waals surface area contributed by atoms with Crippen LogP contribution in [-0.4, -0.2) is 27.5 Å². The maximum atomic E-state index is 6.00. The van der Waals surface area contributed by atoms with Crippen LogP contribution in [0.1, 0.15) is 38.6 Å². The molecule has 0 radical (unpaired) electrons. The number of hydrogen-bond donors (Lipinski definition) is 0. The molecule has 1 aromatic heterocycles. The van der Waals surface area contributed by atoms with E-state index in [1.54, 1.807) is 0 Å². The van der Waals surface area contributed by atoms with Gasteiger partial charge >= 0.3 is 0 Å². The van der Waals surface area contributed by atoms with Gasteiger partial charge in [-0.25, -0.2) is 0 Å². The molecule has 2 rings (SSSR count). The second-order valence-corrected chi connectivity index (χ2v) is 4.15. The number of aryl methyl sites for hydroxylation is 1. The number of nitrogens with zero attached hydrogens (tertiary/aromatic N) is 3. The minimum absolute atomic E-state index is 0.392. The molecule has 1 fully saturated rings. The van der Waals surface area contributed by atoms with Crippen molar-refractivity contribution in [2.75, 3.05) is 6.61 Å². The van der Waals surface area contributed by atoms with Gasteiger partial charge in [-0.05, 0) is 31.4 Å². The van der Waals surface area contributed by atoms with Gasteiger partial charge in [0.25, 0.3) is 0 Å². The Morgan fingerprint density at radius 2 is 2.13 bits per heavy atom. The lowest BCUT2D eigenvalue weighted by atomic mass is 9.89. The monoisotopic (exact) mass is 229 g/mol. The lowest BCUT2D eigenvalue weighted by Gasteiger charge is -2.36. The average molecular weight is 230 g/mol. The molecular formula is C10H16ClN3O. The molecule has 0 unspecified atom stereocenters. The van der Waals surface area contributed by atoms with Gasteiger partial charge in [-0.2, -0.15) is 0 Å².